The normalized spacial score (nSPS) is 23.2. The van der Waals surface area contributed by atoms with Gasteiger partial charge in [-0.1, -0.05) is 23.7 Å². The maximum Gasteiger partial charge on any atom is 0.163 e. The molecule has 1 saturated heterocycles. The molecule has 0 amide bonds. The Morgan fingerprint density at radius 1 is 0.958 bits per heavy atom. The molecule has 24 heavy (non-hydrogen) atoms. The largest absolute Gasteiger partial charge is 0.486 e. The third kappa shape index (κ3) is 3.17. The van der Waals surface area contributed by atoms with E-state index in [0.717, 1.165) is 41.7 Å². The summed E-state index contributed by atoms with van der Waals surface area (Å²) in [4.78, 5) is 2.34. The molecule has 2 aromatic rings. The van der Waals surface area contributed by atoms with Crippen LogP contribution in [0.25, 0.3) is 0 Å². The second-order valence-electron chi connectivity index (χ2n) is 6.48. The highest BCUT2D eigenvalue weighted by molar-refractivity contribution is 6.30. The van der Waals surface area contributed by atoms with Gasteiger partial charge in [-0.2, -0.15) is 0 Å². The Morgan fingerprint density at radius 3 is 2.50 bits per heavy atom. The van der Waals surface area contributed by atoms with Crippen molar-refractivity contribution in [3.63, 3.8) is 0 Å². The highest BCUT2D eigenvalue weighted by Crippen LogP contribution is 2.36. The van der Waals surface area contributed by atoms with Gasteiger partial charge in [-0.15, -0.1) is 0 Å². The van der Waals surface area contributed by atoms with Gasteiger partial charge in [0.05, 0.1) is 0 Å². The molecule has 4 nitrogen and oxygen atoms in total. The minimum atomic E-state index is 0.146. The Balaban J connectivity index is 1.57. The summed E-state index contributed by atoms with van der Waals surface area (Å²) in [6, 6.07) is 14.4. The molecule has 0 aliphatic carbocycles. The van der Waals surface area contributed by atoms with E-state index in [0.29, 0.717) is 19.1 Å². The second kappa shape index (κ2) is 6.54. The zero-order chi connectivity index (χ0) is 16.5. The Bertz CT molecular complexity index is 720. The quantitative estimate of drug-likeness (QED) is 0.906. The smallest absolute Gasteiger partial charge is 0.163 e. The fraction of sp³-hybridized carbons (Fsp3) is 0.368. The molecule has 5 heteroatoms. The van der Waals surface area contributed by atoms with E-state index in [1.807, 2.05) is 18.2 Å². The van der Waals surface area contributed by atoms with Crippen LogP contribution in [-0.2, 0) is 0 Å². The minimum absolute atomic E-state index is 0.146. The average molecular weight is 345 g/mol. The van der Waals surface area contributed by atoms with E-state index in [-0.39, 0.29) is 6.04 Å². The van der Waals surface area contributed by atoms with E-state index in [9.17, 15) is 0 Å². The van der Waals surface area contributed by atoms with Gasteiger partial charge in [0.2, 0.25) is 0 Å². The van der Waals surface area contributed by atoms with E-state index in [4.69, 9.17) is 26.8 Å². The average Bonchev–Trinajstić information content (AvgIpc) is 2.61. The topological polar surface area (TPSA) is 47.7 Å². The van der Waals surface area contributed by atoms with Crippen molar-refractivity contribution in [3.05, 3.63) is 53.1 Å². The van der Waals surface area contributed by atoms with Crippen LogP contribution in [0, 0.1) is 0 Å². The summed E-state index contributed by atoms with van der Waals surface area (Å²) < 4.78 is 11.3. The molecule has 0 saturated carbocycles. The van der Waals surface area contributed by atoms with Crippen molar-refractivity contribution in [3.8, 4) is 11.5 Å². The summed E-state index contributed by atoms with van der Waals surface area (Å²) in [6.45, 7) is 3.00. The lowest BCUT2D eigenvalue weighted by molar-refractivity contribution is 0.171. The van der Waals surface area contributed by atoms with E-state index in [1.54, 1.807) is 0 Å². The van der Waals surface area contributed by atoms with Crippen LogP contribution in [0.2, 0.25) is 5.02 Å². The van der Waals surface area contributed by atoms with E-state index in [1.165, 1.54) is 5.56 Å². The van der Waals surface area contributed by atoms with Gasteiger partial charge >= 0.3 is 0 Å². The lowest BCUT2D eigenvalue weighted by Crippen LogP contribution is -2.46. The van der Waals surface area contributed by atoms with Crippen LogP contribution in [0.3, 0.4) is 0 Å². The number of anilines is 1. The Morgan fingerprint density at radius 2 is 1.71 bits per heavy atom. The molecule has 126 valence electrons. The van der Waals surface area contributed by atoms with Gasteiger partial charge in [0.1, 0.15) is 13.2 Å². The first kappa shape index (κ1) is 15.6. The van der Waals surface area contributed by atoms with Crippen molar-refractivity contribution in [2.24, 2.45) is 5.73 Å². The molecule has 2 unspecified atom stereocenters. The van der Waals surface area contributed by atoms with Crippen molar-refractivity contribution < 1.29 is 9.47 Å². The third-order valence-electron chi connectivity index (χ3n) is 4.72. The van der Waals surface area contributed by atoms with Crippen LogP contribution < -0.4 is 20.1 Å². The lowest BCUT2D eigenvalue weighted by atomic mass is 9.88. The molecule has 0 radical (unpaired) electrons. The second-order valence-corrected chi connectivity index (χ2v) is 6.91. The van der Waals surface area contributed by atoms with Gasteiger partial charge < -0.3 is 20.1 Å². The van der Waals surface area contributed by atoms with Gasteiger partial charge in [0, 0.05) is 41.8 Å². The summed E-state index contributed by atoms with van der Waals surface area (Å²) in [5.41, 5.74) is 8.76. The standard InChI is InChI=1S/C19H21ClN2O2/c20-15-3-1-13(2-4-15)14-9-16(21)12-22(11-14)17-5-6-18-19(10-17)24-8-7-23-18/h1-6,10,14,16H,7-9,11-12,21H2. The van der Waals surface area contributed by atoms with E-state index >= 15 is 0 Å². The molecule has 2 atom stereocenters. The zero-order valence-electron chi connectivity index (χ0n) is 13.5. The summed E-state index contributed by atoms with van der Waals surface area (Å²) in [5, 5.41) is 0.766. The molecule has 0 bridgehead atoms. The number of piperidine rings is 1. The van der Waals surface area contributed by atoms with Gasteiger partial charge in [0.15, 0.2) is 11.5 Å². The van der Waals surface area contributed by atoms with E-state index in [2.05, 4.69) is 29.2 Å². The Labute approximate surface area is 147 Å². The first-order valence-corrected chi connectivity index (χ1v) is 8.72. The van der Waals surface area contributed by atoms with Crippen molar-refractivity contribution in [2.75, 3.05) is 31.2 Å². The number of hydrogen-bond acceptors (Lipinski definition) is 4. The van der Waals surface area contributed by atoms with Gasteiger partial charge in [-0.05, 0) is 36.2 Å². The van der Waals surface area contributed by atoms with Crippen LogP contribution in [-0.4, -0.2) is 32.3 Å². The maximum absolute atomic E-state index is 6.33. The van der Waals surface area contributed by atoms with Crippen LogP contribution >= 0.6 is 11.6 Å². The molecule has 4 rings (SSSR count). The summed E-state index contributed by atoms with van der Waals surface area (Å²) in [6.07, 6.45) is 0.989. The Hall–Kier alpha value is -1.91. The number of rotatable bonds is 2. The van der Waals surface area contributed by atoms with Gasteiger partial charge in [-0.3, -0.25) is 0 Å². The van der Waals surface area contributed by atoms with Crippen LogP contribution in [0.5, 0.6) is 11.5 Å². The number of fused-ring (bicyclic) bond motifs is 1. The number of halogens is 1. The van der Waals surface area contributed by atoms with Crippen molar-refractivity contribution >= 4 is 17.3 Å². The number of nitrogens with zero attached hydrogens (tertiary/aromatic N) is 1. The Kier molecular flexibility index (Phi) is 4.25. The molecular weight excluding hydrogens is 324 g/mol. The van der Waals surface area contributed by atoms with Crippen LogP contribution in [0.1, 0.15) is 17.9 Å². The van der Waals surface area contributed by atoms with Crippen molar-refractivity contribution in [1.82, 2.24) is 0 Å². The third-order valence-corrected chi connectivity index (χ3v) is 4.97. The molecule has 2 N–H and O–H groups in total. The number of benzene rings is 2. The summed E-state index contributed by atoms with van der Waals surface area (Å²) >= 11 is 6.01. The minimum Gasteiger partial charge on any atom is -0.486 e. The van der Waals surface area contributed by atoms with Gasteiger partial charge in [0.25, 0.3) is 0 Å². The predicted molar refractivity (Wildman–Crippen MR) is 96.4 cm³/mol. The first-order chi connectivity index (χ1) is 11.7. The van der Waals surface area contributed by atoms with Crippen molar-refractivity contribution in [2.45, 2.75) is 18.4 Å². The predicted octanol–water partition coefficient (Wildman–Crippen LogP) is 3.43. The van der Waals surface area contributed by atoms with Gasteiger partial charge in [-0.25, -0.2) is 0 Å². The highest BCUT2D eigenvalue weighted by atomic mass is 35.5. The molecule has 1 fully saturated rings. The SMILES string of the molecule is NC1CC(c2ccc(Cl)cc2)CN(c2ccc3c(c2)OCCO3)C1. The molecule has 2 aromatic carbocycles. The summed E-state index contributed by atoms with van der Waals surface area (Å²) in [7, 11) is 0. The molecular formula is C19H21ClN2O2. The molecule has 2 heterocycles. The molecule has 0 spiro atoms. The number of nitrogens with two attached hydrogens (primary N) is 1. The van der Waals surface area contributed by atoms with Crippen molar-refractivity contribution in [1.29, 1.82) is 0 Å². The van der Waals surface area contributed by atoms with E-state index < -0.39 is 0 Å². The maximum atomic E-state index is 6.33. The number of hydrogen-bond donors (Lipinski definition) is 1. The zero-order valence-corrected chi connectivity index (χ0v) is 14.2. The van der Waals surface area contributed by atoms with Crippen LogP contribution in [0.15, 0.2) is 42.5 Å². The fourth-order valence-corrected chi connectivity index (χ4v) is 3.68. The molecule has 0 aromatic heterocycles. The highest BCUT2D eigenvalue weighted by Gasteiger charge is 2.27. The fourth-order valence-electron chi connectivity index (χ4n) is 3.55. The molecule has 2 aliphatic rings. The first-order valence-electron chi connectivity index (χ1n) is 8.35. The monoisotopic (exact) mass is 344 g/mol. The molecule has 2 aliphatic heterocycles. The number of ether oxygens (including phenoxy) is 2. The van der Waals surface area contributed by atoms with Crippen LogP contribution in [0.4, 0.5) is 5.69 Å². The summed E-state index contributed by atoms with van der Waals surface area (Å²) in [5.74, 6) is 2.04. The lowest BCUT2D eigenvalue weighted by Gasteiger charge is -2.38.